The minimum Gasteiger partial charge on any atom is -0.495 e. The third-order valence-corrected chi connectivity index (χ3v) is 8.27. The molecule has 4 aromatic rings. The molecule has 4 rings (SSSR count). The highest BCUT2D eigenvalue weighted by Crippen LogP contribution is 2.35. The van der Waals surface area contributed by atoms with Gasteiger partial charge in [0.05, 0.1) is 37.1 Å². The molecule has 0 saturated heterocycles. The predicted molar refractivity (Wildman–Crippen MR) is 181 cm³/mol. The molecule has 0 fully saturated rings. The Labute approximate surface area is 274 Å². The van der Waals surface area contributed by atoms with Crippen molar-refractivity contribution in [3.05, 3.63) is 80.6 Å². The molecule has 0 unspecified atom stereocenters. The molecule has 2 amide bonds. The quantitative estimate of drug-likeness (QED) is 0.101. The molecule has 46 heavy (non-hydrogen) atoms. The number of methoxy groups -OCH3 is 2. The van der Waals surface area contributed by atoms with E-state index in [1.807, 2.05) is 26.0 Å². The number of amides is 2. The van der Waals surface area contributed by atoms with E-state index >= 15 is 0 Å². The molecule has 0 aliphatic carbocycles. The number of aryl methyl sites for hydroxylation is 2. The van der Waals surface area contributed by atoms with Gasteiger partial charge >= 0.3 is 0 Å². The number of H-pyrrole nitrogens is 2. The van der Waals surface area contributed by atoms with Crippen LogP contribution in [-0.4, -0.2) is 57.5 Å². The molecule has 0 atom stereocenters. The van der Waals surface area contributed by atoms with E-state index in [4.69, 9.17) is 9.47 Å². The maximum atomic E-state index is 12.7. The summed E-state index contributed by atoms with van der Waals surface area (Å²) < 4.78 is 11.1. The molecule has 0 aliphatic heterocycles. The highest BCUT2D eigenvalue weighted by Gasteiger charge is 2.14. The Bertz CT molecular complexity index is 1680. The number of aromatic amines is 2. The number of carbonyl (C=O) groups excluding carboxylic acids is 2. The molecular weight excluding hydrogens is 629 g/mol. The number of nitrogens with zero attached hydrogens (tertiary/aromatic N) is 2. The van der Waals surface area contributed by atoms with E-state index in [0.717, 1.165) is 47.5 Å². The van der Waals surface area contributed by atoms with E-state index in [-0.39, 0.29) is 34.4 Å². The molecule has 2 aromatic heterocycles. The Morgan fingerprint density at radius 3 is 1.48 bits per heavy atom. The molecule has 2 heterocycles. The lowest BCUT2D eigenvalue weighted by molar-refractivity contribution is -0.114. The smallest absolute Gasteiger partial charge is 0.251 e. The van der Waals surface area contributed by atoms with Crippen LogP contribution in [0.4, 0.5) is 11.4 Å². The van der Waals surface area contributed by atoms with Gasteiger partial charge in [0.25, 0.3) is 11.1 Å². The summed E-state index contributed by atoms with van der Waals surface area (Å²) in [6.45, 7) is 4.02. The lowest BCUT2D eigenvalue weighted by Gasteiger charge is -2.14. The Morgan fingerprint density at radius 1 is 0.696 bits per heavy atom. The molecule has 0 aliphatic rings. The summed E-state index contributed by atoms with van der Waals surface area (Å²) in [4.78, 5) is 63.4. The zero-order valence-electron chi connectivity index (χ0n) is 26.0. The molecule has 242 valence electrons. The zero-order valence-corrected chi connectivity index (χ0v) is 27.7. The van der Waals surface area contributed by atoms with Gasteiger partial charge in [-0.05, 0) is 48.2 Å². The first-order chi connectivity index (χ1) is 22.2. The highest BCUT2D eigenvalue weighted by molar-refractivity contribution is 8.00. The molecule has 0 bridgehead atoms. The number of aromatic nitrogens is 4. The number of benzene rings is 2. The second-order valence-electron chi connectivity index (χ2n) is 10.1. The Balaban J connectivity index is 1.39. The molecule has 0 radical (unpaired) electrons. The summed E-state index contributed by atoms with van der Waals surface area (Å²) in [5, 5.41) is 6.49. The monoisotopic (exact) mass is 664 g/mol. The van der Waals surface area contributed by atoms with Crippen molar-refractivity contribution < 1.29 is 19.1 Å². The largest absolute Gasteiger partial charge is 0.495 e. The fourth-order valence-corrected chi connectivity index (χ4v) is 5.85. The van der Waals surface area contributed by atoms with E-state index in [0.29, 0.717) is 57.4 Å². The van der Waals surface area contributed by atoms with Crippen molar-refractivity contribution in [3.8, 4) is 22.6 Å². The summed E-state index contributed by atoms with van der Waals surface area (Å²) in [6, 6.07) is 13.7. The van der Waals surface area contributed by atoms with Crippen molar-refractivity contribution in [1.82, 2.24) is 19.9 Å². The number of hydrogen-bond acceptors (Lipinski definition) is 10. The standard InChI is InChI=1S/C32H36N6O6S2/c1-5-7-21-15-27(39)37-31(33-21)45-17-29(41)35-23-11-9-19(13-25(23)43-3)20-10-12-24(26(14-20)44-4)36-30(42)18-46-32-34-22(8-6-2)16-28(40)38-32/h9-16H,5-8,17-18H2,1-4H3,(H,35,41)(H,36,42)(H,33,37,39)(H,34,38,40). The van der Waals surface area contributed by atoms with Gasteiger partial charge in [-0.1, -0.05) is 62.3 Å². The number of rotatable bonds is 15. The minimum atomic E-state index is -0.282. The van der Waals surface area contributed by atoms with Gasteiger partial charge < -0.3 is 30.1 Å². The van der Waals surface area contributed by atoms with Gasteiger partial charge in [0.1, 0.15) is 11.5 Å². The maximum Gasteiger partial charge on any atom is 0.251 e. The first-order valence-electron chi connectivity index (χ1n) is 14.6. The zero-order chi connectivity index (χ0) is 33.1. The van der Waals surface area contributed by atoms with Crippen LogP contribution in [0.5, 0.6) is 11.5 Å². The van der Waals surface area contributed by atoms with Crippen LogP contribution < -0.4 is 31.2 Å². The summed E-state index contributed by atoms with van der Waals surface area (Å²) in [6.07, 6.45) is 3.10. The number of anilines is 2. The third kappa shape index (κ3) is 9.72. The maximum absolute atomic E-state index is 12.7. The van der Waals surface area contributed by atoms with Gasteiger partial charge in [0.15, 0.2) is 10.3 Å². The van der Waals surface area contributed by atoms with Crippen molar-refractivity contribution in [2.45, 2.75) is 49.8 Å². The van der Waals surface area contributed by atoms with E-state index in [9.17, 15) is 19.2 Å². The molecule has 12 nitrogen and oxygen atoms in total. The fourth-order valence-electron chi connectivity index (χ4n) is 4.46. The van der Waals surface area contributed by atoms with Crippen LogP contribution in [0.2, 0.25) is 0 Å². The van der Waals surface area contributed by atoms with Crippen LogP contribution in [0.15, 0.2) is 68.4 Å². The first kappa shape index (κ1) is 34.3. The third-order valence-electron chi connectivity index (χ3n) is 6.52. The Hall–Kier alpha value is -4.56. The SMILES string of the molecule is CCCc1cc(=O)[nH]c(SCC(=O)Nc2ccc(-c3ccc(NC(=O)CSc4nc(CCC)cc(=O)[nH]4)c(OC)c3)cc2OC)n1. The molecule has 14 heteroatoms. The average Bonchev–Trinajstić information content (AvgIpc) is 3.03. The minimum absolute atomic E-state index is 0.0476. The molecule has 2 aromatic carbocycles. The topological polar surface area (TPSA) is 168 Å². The number of thioether (sulfide) groups is 2. The lowest BCUT2D eigenvalue weighted by Crippen LogP contribution is -2.16. The Kier molecular flexibility index (Phi) is 12.4. The number of carbonyl (C=O) groups is 2. The van der Waals surface area contributed by atoms with Gasteiger partial charge in [-0.3, -0.25) is 19.2 Å². The van der Waals surface area contributed by atoms with Crippen LogP contribution in [0.3, 0.4) is 0 Å². The van der Waals surface area contributed by atoms with Crippen molar-refractivity contribution in [1.29, 1.82) is 0 Å². The van der Waals surface area contributed by atoms with E-state index in [1.165, 1.54) is 26.4 Å². The summed E-state index contributed by atoms with van der Waals surface area (Å²) >= 11 is 2.30. The summed E-state index contributed by atoms with van der Waals surface area (Å²) in [5.74, 6) is 0.439. The number of nitrogens with one attached hydrogen (secondary N) is 4. The van der Waals surface area contributed by atoms with Crippen molar-refractivity contribution in [2.24, 2.45) is 0 Å². The van der Waals surface area contributed by atoms with Crippen molar-refractivity contribution in [3.63, 3.8) is 0 Å². The van der Waals surface area contributed by atoms with Crippen LogP contribution >= 0.6 is 23.5 Å². The Morgan fingerprint density at radius 2 is 1.11 bits per heavy atom. The average molecular weight is 665 g/mol. The van der Waals surface area contributed by atoms with E-state index in [1.54, 1.807) is 24.3 Å². The van der Waals surface area contributed by atoms with Crippen LogP contribution in [-0.2, 0) is 22.4 Å². The predicted octanol–water partition coefficient (Wildman–Crippen LogP) is 4.90. The van der Waals surface area contributed by atoms with Gasteiger partial charge in [-0.2, -0.15) is 0 Å². The van der Waals surface area contributed by atoms with E-state index in [2.05, 4.69) is 30.6 Å². The molecule has 4 N–H and O–H groups in total. The molecular formula is C32H36N6O6S2. The molecule has 0 saturated carbocycles. The van der Waals surface area contributed by atoms with Gasteiger partial charge in [0.2, 0.25) is 11.8 Å². The van der Waals surface area contributed by atoms with Gasteiger partial charge in [-0.15, -0.1) is 0 Å². The van der Waals surface area contributed by atoms with Crippen LogP contribution in [0.1, 0.15) is 38.1 Å². The van der Waals surface area contributed by atoms with Crippen LogP contribution in [0, 0.1) is 0 Å². The summed E-state index contributed by atoms with van der Waals surface area (Å²) in [7, 11) is 3.03. The molecule has 0 spiro atoms. The lowest BCUT2D eigenvalue weighted by atomic mass is 10.0. The van der Waals surface area contributed by atoms with E-state index < -0.39 is 0 Å². The van der Waals surface area contributed by atoms with Crippen molar-refractivity contribution >= 4 is 46.7 Å². The second-order valence-corrected chi connectivity index (χ2v) is 12.0. The second kappa shape index (κ2) is 16.7. The number of hydrogen-bond donors (Lipinski definition) is 4. The fraction of sp³-hybridized carbons (Fsp3) is 0.312. The first-order valence-corrected chi connectivity index (χ1v) is 16.6. The number of ether oxygens (including phenoxy) is 2. The van der Waals surface area contributed by atoms with Crippen LogP contribution in [0.25, 0.3) is 11.1 Å². The van der Waals surface area contributed by atoms with Gasteiger partial charge in [0, 0.05) is 23.5 Å². The van der Waals surface area contributed by atoms with Gasteiger partial charge in [-0.25, -0.2) is 9.97 Å². The normalized spacial score (nSPS) is 10.8. The van der Waals surface area contributed by atoms with Crippen molar-refractivity contribution in [2.75, 3.05) is 36.4 Å². The summed E-state index contributed by atoms with van der Waals surface area (Å²) in [5.41, 5.74) is 3.47. The highest BCUT2D eigenvalue weighted by atomic mass is 32.2.